The highest BCUT2D eigenvalue weighted by Crippen LogP contribution is 2.37. The molecular formula is C51H46Cl2F6N4O8. The van der Waals surface area contributed by atoms with Gasteiger partial charge in [0, 0.05) is 38.3 Å². The maximum Gasteiger partial charge on any atom is 0.417 e. The molecule has 374 valence electrons. The SMILES string of the molecule is COC(=O)C(Cc1ccc(-c2c(C(F)(F)F)cc(C)n(C)c2=O)cc1)NC(=O)c1c(C)cccc1Cl.Cc1cccc(Cl)c1C(=O)NC(Cc1ccc(-c2c(C(F)(F)F)cc(C)n(C)c2=O)cc1)C(=O)O. The van der Waals surface area contributed by atoms with Crippen molar-refractivity contribution >= 4 is 47.0 Å². The van der Waals surface area contributed by atoms with Crippen molar-refractivity contribution in [2.45, 2.75) is 65.0 Å². The first-order chi connectivity index (χ1) is 33.2. The Bertz CT molecular complexity index is 3090. The van der Waals surface area contributed by atoms with Crippen molar-refractivity contribution in [1.82, 2.24) is 19.8 Å². The number of amides is 2. The van der Waals surface area contributed by atoms with Gasteiger partial charge in [-0.15, -0.1) is 0 Å². The van der Waals surface area contributed by atoms with Gasteiger partial charge in [-0.3, -0.25) is 19.2 Å². The molecule has 3 N–H and O–H groups in total. The number of aromatic nitrogens is 2. The highest BCUT2D eigenvalue weighted by atomic mass is 35.5. The van der Waals surface area contributed by atoms with Gasteiger partial charge in [0.2, 0.25) is 0 Å². The Morgan fingerprint density at radius 2 is 0.958 bits per heavy atom. The van der Waals surface area contributed by atoms with Gasteiger partial charge in [-0.25, -0.2) is 9.59 Å². The number of hydrogen-bond acceptors (Lipinski definition) is 7. The summed E-state index contributed by atoms with van der Waals surface area (Å²) >= 11 is 12.2. The molecule has 71 heavy (non-hydrogen) atoms. The molecule has 20 heteroatoms. The maximum absolute atomic E-state index is 13.7. The highest BCUT2D eigenvalue weighted by Gasteiger charge is 2.37. The van der Waals surface area contributed by atoms with Crippen LogP contribution >= 0.6 is 23.2 Å². The van der Waals surface area contributed by atoms with E-state index in [1.165, 1.54) is 89.6 Å². The van der Waals surface area contributed by atoms with Crippen molar-refractivity contribution in [3.05, 3.63) is 184 Å². The summed E-state index contributed by atoms with van der Waals surface area (Å²) in [6.45, 7) is 6.21. The average molecular weight is 1030 g/mol. The quantitative estimate of drug-likeness (QED) is 0.0806. The Hall–Kier alpha value is -7.18. The van der Waals surface area contributed by atoms with Crippen LogP contribution in [0.1, 0.15) is 65.5 Å². The van der Waals surface area contributed by atoms with E-state index in [4.69, 9.17) is 27.9 Å². The molecule has 2 unspecified atom stereocenters. The van der Waals surface area contributed by atoms with Gasteiger partial charge in [-0.1, -0.05) is 96.0 Å². The molecule has 0 saturated heterocycles. The largest absolute Gasteiger partial charge is 0.480 e. The zero-order chi connectivity index (χ0) is 52.9. The van der Waals surface area contributed by atoms with Crippen molar-refractivity contribution in [2.24, 2.45) is 14.1 Å². The van der Waals surface area contributed by atoms with Gasteiger partial charge in [0.25, 0.3) is 22.9 Å². The van der Waals surface area contributed by atoms with Crippen LogP contribution in [0.2, 0.25) is 10.0 Å². The first kappa shape index (κ1) is 54.8. The van der Waals surface area contributed by atoms with Crippen LogP contribution in [0.4, 0.5) is 26.3 Å². The van der Waals surface area contributed by atoms with E-state index in [1.54, 1.807) is 44.2 Å². The van der Waals surface area contributed by atoms with E-state index in [2.05, 4.69) is 10.6 Å². The molecule has 0 saturated carbocycles. The zero-order valence-corrected chi connectivity index (χ0v) is 40.5. The van der Waals surface area contributed by atoms with Crippen molar-refractivity contribution in [1.29, 1.82) is 0 Å². The number of pyridine rings is 2. The number of alkyl halides is 6. The fourth-order valence-corrected chi connectivity index (χ4v) is 8.18. The summed E-state index contributed by atoms with van der Waals surface area (Å²) in [5.41, 5.74) is -1.58. The lowest BCUT2D eigenvalue weighted by Crippen LogP contribution is -2.43. The molecule has 0 bridgehead atoms. The summed E-state index contributed by atoms with van der Waals surface area (Å²) in [6.07, 6.45) is -9.59. The van der Waals surface area contributed by atoms with Gasteiger partial charge in [0.15, 0.2) is 0 Å². The molecule has 6 rings (SSSR count). The van der Waals surface area contributed by atoms with Crippen molar-refractivity contribution in [2.75, 3.05) is 7.11 Å². The van der Waals surface area contributed by atoms with Crippen molar-refractivity contribution in [3.63, 3.8) is 0 Å². The smallest absolute Gasteiger partial charge is 0.417 e. The normalized spacial score (nSPS) is 12.3. The number of carbonyl (C=O) groups excluding carboxylic acids is 3. The predicted molar refractivity (Wildman–Crippen MR) is 256 cm³/mol. The lowest BCUT2D eigenvalue weighted by molar-refractivity contribution is -0.143. The minimum absolute atomic E-state index is 0.000227. The number of ether oxygens (including phenoxy) is 1. The number of nitrogens with zero attached hydrogens (tertiary/aromatic N) is 2. The second kappa shape index (κ2) is 22.3. The third kappa shape index (κ3) is 12.8. The van der Waals surface area contributed by atoms with Crippen LogP contribution in [0.15, 0.2) is 107 Å². The van der Waals surface area contributed by atoms with E-state index < -0.39 is 81.6 Å². The van der Waals surface area contributed by atoms with Gasteiger partial charge in [-0.2, -0.15) is 26.3 Å². The van der Waals surface area contributed by atoms with Gasteiger partial charge >= 0.3 is 24.3 Å². The van der Waals surface area contributed by atoms with Crippen LogP contribution in [0, 0.1) is 27.7 Å². The maximum atomic E-state index is 13.7. The van der Waals surface area contributed by atoms with Gasteiger partial charge < -0.3 is 29.6 Å². The molecule has 2 heterocycles. The summed E-state index contributed by atoms with van der Waals surface area (Å²) in [7, 11) is 3.97. The van der Waals surface area contributed by atoms with Crippen molar-refractivity contribution in [3.8, 4) is 22.3 Å². The number of rotatable bonds is 12. The molecule has 6 aromatic rings. The Kier molecular flexibility index (Phi) is 17.2. The number of nitrogens with one attached hydrogen (secondary N) is 2. The first-order valence-corrected chi connectivity index (χ1v) is 22.1. The number of esters is 1. The van der Waals surface area contributed by atoms with E-state index in [1.807, 2.05) is 0 Å². The molecule has 2 atom stereocenters. The molecule has 0 spiro atoms. The number of aliphatic carboxylic acids is 1. The molecule has 0 aliphatic rings. The topological polar surface area (TPSA) is 166 Å². The molecule has 2 aromatic heterocycles. The summed E-state index contributed by atoms with van der Waals surface area (Å²) < 4.78 is 89.0. The summed E-state index contributed by atoms with van der Waals surface area (Å²) in [5.74, 6) is -3.22. The Morgan fingerprint density at radius 1 is 0.606 bits per heavy atom. The fourth-order valence-electron chi connectivity index (χ4n) is 7.57. The highest BCUT2D eigenvalue weighted by molar-refractivity contribution is 6.34. The third-order valence-corrected chi connectivity index (χ3v) is 12.2. The Morgan fingerprint density at radius 3 is 1.28 bits per heavy atom. The number of benzene rings is 4. The van der Waals surface area contributed by atoms with E-state index in [9.17, 15) is 60.2 Å². The first-order valence-electron chi connectivity index (χ1n) is 21.3. The van der Waals surface area contributed by atoms with E-state index in [0.717, 1.165) is 21.3 Å². The third-order valence-electron chi connectivity index (χ3n) is 11.6. The van der Waals surface area contributed by atoms with Crippen LogP contribution < -0.4 is 21.8 Å². The molecular weight excluding hydrogens is 981 g/mol. The van der Waals surface area contributed by atoms with Gasteiger partial charge in [0.05, 0.1) is 50.5 Å². The Balaban J connectivity index is 0.000000264. The second-order valence-electron chi connectivity index (χ2n) is 16.5. The fraction of sp³-hybridized carbons (Fsp3) is 0.255. The minimum Gasteiger partial charge on any atom is -0.480 e. The zero-order valence-electron chi connectivity index (χ0n) is 39.0. The molecule has 0 aliphatic heterocycles. The molecule has 4 aromatic carbocycles. The Labute approximate surface area is 412 Å². The van der Waals surface area contributed by atoms with E-state index in [0.29, 0.717) is 22.3 Å². The van der Waals surface area contributed by atoms with Gasteiger partial charge in [-0.05, 0) is 85.3 Å². The second-order valence-corrected chi connectivity index (χ2v) is 17.3. The monoisotopic (exact) mass is 1030 g/mol. The minimum atomic E-state index is -4.73. The molecule has 0 radical (unpaired) electrons. The van der Waals surface area contributed by atoms with E-state index >= 15 is 0 Å². The standard InChI is InChI=1S/C26H24ClF3N2O4.C25H22ClF3N2O4/c1-14-6-5-7-19(27)21(14)23(33)31-20(25(35)36-4)13-16-8-10-17(11-9-16)22-18(26(28,29)30)12-15(2)32(3)24(22)34;1-13-5-4-6-18(26)20(13)22(32)30-19(24(34)35)12-15-7-9-16(10-8-15)21-17(25(27,28)29)11-14(2)31(3)23(21)33/h5-12,20H,13H2,1-4H3,(H,31,33);4-11,19H,12H2,1-3H3,(H,30,32)(H,34,35). The van der Waals surface area contributed by atoms with E-state index in [-0.39, 0.29) is 56.5 Å². The van der Waals surface area contributed by atoms with Crippen molar-refractivity contribution < 1.29 is 55.4 Å². The number of carboxylic acid groups (broad SMARTS) is 1. The van der Waals surface area contributed by atoms with Crippen LogP contribution in [-0.4, -0.2) is 57.2 Å². The number of carbonyl (C=O) groups is 4. The average Bonchev–Trinajstić information content (AvgIpc) is 3.29. The lowest BCUT2D eigenvalue weighted by Gasteiger charge is -2.19. The molecule has 0 aliphatic carbocycles. The number of hydrogen-bond donors (Lipinski definition) is 3. The molecule has 12 nitrogen and oxygen atoms in total. The van der Waals surface area contributed by atoms with Crippen LogP contribution in [0.5, 0.6) is 0 Å². The summed E-state index contributed by atoms with van der Waals surface area (Å²) in [5, 5.41) is 15.1. The number of aryl methyl sites for hydroxylation is 4. The van der Waals surface area contributed by atoms with Crippen LogP contribution in [-0.2, 0) is 53.6 Å². The summed E-state index contributed by atoms with van der Waals surface area (Å²) in [6, 6.07) is 20.5. The number of halogens is 8. The van der Waals surface area contributed by atoms with Gasteiger partial charge in [0.1, 0.15) is 12.1 Å². The van der Waals surface area contributed by atoms with Crippen LogP contribution in [0.3, 0.4) is 0 Å². The lowest BCUT2D eigenvalue weighted by atomic mass is 9.97. The number of carboxylic acids is 1. The molecule has 0 fully saturated rings. The predicted octanol–water partition coefficient (Wildman–Crippen LogP) is 9.62. The van der Waals surface area contributed by atoms with Crippen LogP contribution in [0.25, 0.3) is 22.3 Å². The number of methoxy groups -OCH3 is 1. The molecule has 2 amide bonds. The summed E-state index contributed by atoms with van der Waals surface area (Å²) in [4.78, 5) is 75.0.